The van der Waals surface area contributed by atoms with Crippen molar-refractivity contribution < 1.29 is 23.4 Å². The molecule has 0 aliphatic carbocycles. The zero-order valence-electron chi connectivity index (χ0n) is 21.7. The van der Waals surface area contributed by atoms with Crippen molar-refractivity contribution in [3.63, 3.8) is 0 Å². The zero-order valence-corrected chi connectivity index (χ0v) is 21.7. The van der Waals surface area contributed by atoms with Crippen molar-refractivity contribution >= 4 is 28.4 Å². The van der Waals surface area contributed by atoms with Crippen molar-refractivity contribution in [2.45, 2.75) is 6.54 Å². The van der Waals surface area contributed by atoms with Crippen molar-refractivity contribution in [3.05, 3.63) is 107 Å². The lowest BCUT2D eigenvalue weighted by Gasteiger charge is -2.37. The molecule has 6 rings (SSSR count). The molecule has 208 valence electrons. The van der Waals surface area contributed by atoms with Gasteiger partial charge in [0.15, 0.2) is 5.75 Å². The number of rotatable bonds is 6. The molecule has 0 spiro atoms. The Labute approximate surface area is 232 Å². The topological polar surface area (TPSA) is 106 Å². The first-order chi connectivity index (χ1) is 19.9. The summed E-state index contributed by atoms with van der Waals surface area (Å²) >= 11 is 0. The Balaban J connectivity index is 1.36. The first kappa shape index (κ1) is 26.0. The number of hydrogen-bond acceptors (Lipinski definition) is 7. The Bertz CT molecular complexity index is 1770. The maximum absolute atomic E-state index is 15.5. The molecule has 1 fully saturated rings. The number of anilines is 2. The van der Waals surface area contributed by atoms with E-state index < -0.39 is 23.2 Å². The van der Waals surface area contributed by atoms with E-state index in [-0.39, 0.29) is 11.2 Å². The molecule has 0 atom stereocenters. The van der Waals surface area contributed by atoms with Crippen molar-refractivity contribution in [3.8, 4) is 11.4 Å². The summed E-state index contributed by atoms with van der Waals surface area (Å²) in [5.74, 6) is -1.35. The highest BCUT2D eigenvalue weighted by Crippen LogP contribution is 2.30. The third kappa shape index (κ3) is 5.31. The smallest absolute Gasteiger partial charge is 0.449 e. The molecule has 0 unspecified atom stereocenters. The highest BCUT2D eigenvalue weighted by Gasteiger charge is 2.23. The lowest BCUT2D eigenvalue weighted by atomic mass is 10.1. The highest BCUT2D eigenvalue weighted by molar-refractivity contribution is 5.86. The van der Waals surface area contributed by atoms with Crippen LogP contribution in [0.4, 0.5) is 25.0 Å². The molecule has 1 saturated heterocycles. The fraction of sp³-hybridized carbons (Fsp3) is 0.172. The number of aromatic nitrogens is 4. The van der Waals surface area contributed by atoms with Gasteiger partial charge in [-0.15, -0.1) is 5.10 Å². The zero-order chi connectivity index (χ0) is 28.5. The quantitative estimate of drug-likeness (QED) is 0.308. The first-order valence-electron chi connectivity index (χ1n) is 12.8. The fourth-order valence-electron chi connectivity index (χ4n) is 5.06. The second-order valence-corrected chi connectivity index (χ2v) is 9.60. The van der Waals surface area contributed by atoms with E-state index in [4.69, 9.17) is 4.74 Å². The molecular formula is C29H24F2N6O4. The van der Waals surface area contributed by atoms with Crippen LogP contribution in [0, 0.1) is 11.6 Å². The molecule has 0 saturated carbocycles. The van der Waals surface area contributed by atoms with Crippen LogP contribution in [0.3, 0.4) is 0 Å². The van der Waals surface area contributed by atoms with Crippen molar-refractivity contribution in [1.82, 2.24) is 19.6 Å². The summed E-state index contributed by atoms with van der Waals surface area (Å²) in [4.78, 5) is 28.4. The van der Waals surface area contributed by atoms with E-state index in [2.05, 4.69) is 15.2 Å². The standard InChI is InChI=1S/C29H24F2N6O4/c30-20-3-7-21(8-4-20)34-11-13-35(14-12-34)26-16-25-23(15-24(26)31)28(38)27(41-29(39)40)18-37(25)22-5-1-19(2-6-22)17-36-10-9-32-33-36/h1-10,15-16,18H,11-14,17H2,(H,39,40). The van der Waals surface area contributed by atoms with E-state index in [9.17, 15) is 19.1 Å². The number of nitrogens with zero attached hydrogens (tertiary/aromatic N) is 6. The minimum Gasteiger partial charge on any atom is -0.449 e. The number of pyridine rings is 1. The Kier molecular flexibility index (Phi) is 6.79. The fourth-order valence-corrected chi connectivity index (χ4v) is 5.06. The molecule has 0 amide bonds. The van der Waals surface area contributed by atoms with Gasteiger partial charge in [-0.2, -0.15) is 0 Å². The molecular weight excluding hydrogens is 534 g/mol. The summed E-state index contributed by atoms with van der Waals surface area (Å²) < 4.78 is 36.9. The number of halogens is 2. The summed E-state index contributed by atoms with van der Waals surface area (Å²) in [6.07, 6.45) is 2.99. The molecule has 5 aromatic rings. The van der Waals surface area contributed by atoms with Gasteiger partial charge in [0, 0.05) is 43.8 Å². The lowest BCUT2D eigenvalue weighted by molar-refractivity contribution is 0.144. The molecule has 12 heteroatoms. The van der Waals surface area contributed by atoms with Gasteiger partial charge in [-0.3, -0.25) is 4.79 Å². The van der Waals surface area contributed by atoms with Gasteiger partial charge in [-0.05, 0) is 54.1 Å². The van der Waals surface area contributed by atoms with E-state index in [1.807, 2.05) is 29.2 Å². The predicted octanol–water partition coefficient (Wildman–Crippen LogP) is 4.29. The third-order valence-electron chi connectivity index (χ3n) is 7.08. The Hall–Kier alpha value is -5.26. The van der Waals surface area contributed by atoms with Crippen LogP contribution >= 0.6 is 0 Å². The van der Waals surface area contributed by atoms with Crippen LogP contribution in [-0.2, 0) is 6.54 Å². The maximum Gasteiger partial charge on any atom is 0.511 e. The number of benzene rings is 3. The molecule has 3 aromatic carbocycles. The van der Waals surface area contributed by atoms with Crippen LogP contribution < -0.4 is 20.0 Å². The van der Waals surface area contributed by atoms with Crippen molar-refractivity contribution in [1.29, 1.82) is 0 Å². The van der Waals surface area contributed by atoms with E-state index in [0.29, 0.717) is 49.6 Å². The van der Waals surface area contributed by atoms with Gasteiger partial charge in [-0.1, -0.05) is 17.3 Å². The number of ether oxygens (including phenoxy) is 1. The molecule has 1 aliphatic rings. The van der Waals surface area contributed by atoms with Crippen LogP contribution in [0.5, 0.6) is 5.75 Å². The number of carbonyl (C=O) groups is 1. The van der Waals surface area contributed by atoms with Crippen LogP contribution in [-0.4, -0.2) is 57.0 Å². The molecule has 0 radical (unpaired) electrons. The number of fused-ring (bicyclic) bond motifs is 1. The van der Waals surface area contributed by atoms with E-state index in [1.54, 1.807) is 39.8 Å². The molecule has 3 heterocycles. The minimum atomic E-state index is -1.65. The third-order valence-corrected chi connectivity index (χ3v) is 7.08. The molecule has 2 aromatic heterocycles. The van der Waals surface area contributed by atoms with E-state index >= 15 is 4.39 Å². The molecule has 10 nitrogen and oxygen atoms in total. The van der Waals surface area contributed by atoms with Crippen molar-refractivity contribution in [2.24, 2.45) is 0 Å². The second kappa shape index (κ2) is 10.7. The van der Waals surface area contributed by atoms with Gasteiger partial charge in [0.25, 0.3) is 0 Å². The van der Waals surface area contributed by atoms with Gasteiger partial charge in [0.1, 0.15) is 11.6 Å². The number of piperazine rings is 1. The summed E-state index contributed by atoms with van der Waals surface area (Å²) in [5.41, 5.74) is 2.43. The average molecular weight is 559 g/mol. The first-order valence-corrected chi connectivity index (χ1v) is 12.8. The Morgan fingerprint density at radius 2 is 1.61 bits per heavy atom. The molecule has 0 bridgehead atoms. The van der Waals surface area contributed by atoms with Gasteiger partial charge in [0.05, 0.1) is 35.5 Å². The summed E-state index contributed by atoms with van der Waals surface area (Å²) in [7, 11) is 0. The summed E-state index contributed by atoms with van der Waals surface area (Å²) in [5, 5.41) is 16.9. The molecule has 41 heavy (non-hydrogen) atoms. The number of hydrogen-bond donors (Lipinski definition) is 1. The summed E-state index contributed by atoms with van der Waals surface area (Å²) in [6, 6.07) is 16.4. The lowest BCUT2D eigenvalue weighted by Crippen LogP contribution is -2.46. The average Bonchev–Trinajstić information content (AvgIpc) is 3.48. The molecule has 1 N–H and O–H groups in total. The second-order valence-electron chi connectivity index (χ2n) is 9.60. The summed E-state index contributed by atoms with van der Waals surface area (Å²) in [6.45, 7) is 2.68. The van der Waals surface area contributed by atoms with Crippen LogP contribution in [0.25, 0.3) is 16.6 Å². The van der Waals surface area contributed by atoms with Crippen LogP contribution in [0.1, 0.15) is 5.56 Å². The Morgan fingerprint density at radius 1 is 0.927 bits per heavy atom. The maximum atomic E-state index is 15.5. The van der Waals surface area contributed by atoms with Gasteiger partial charge in [-0.25, -0.2) is 18.3 Å². The Morgan fingerprint density at radius 3 is 2.27 bits per heavy atom. The van der Waals surface area contributed by atoms with Crippen LogP contribution in [0.15, 0.2) is 84.0 Å². The number of carboxylic acid groups (broad SMARTS) is 1. The van der Waals surface area contributed by atoms with Gasteiger partial charge >= 0.3 is 6.16 Å². The SMILES string of the molecule is O=C(O)Oc1cn(-c2ccc(Cn3ccnn3)cc2)c2cc(N3CCN(c4ccc(F)cc4)CC3)c(F)cc2c1=O. The predicted molar refractivity (Wildman–Crippen MR) is 148 cm³/mol. The van der Waals surface area contributed by atoms with Gasteiger partial charge in [0.2, 0.25) is 5.43 Å². The van der Waals surface area contributed by atoms with E-state index in [1.165, 1.54) is 18.3 Å². The van der Waals surface area contributed by atoms with Gasteiger partial charge < -0.3 is 24.2 Å². The minimum absolute atomic E-state index is 0.0124. The normalized spacial score (nSPS) is 13.5. The van der Waals surface area contributed by atoms with E-state index in [0.717, 1.165) is 17.3 Å². The molecule has 1 aliphatic heterocycles. The van der Waals surface area contributed by atoms with Crippen molar-refractivity contribution in [2.75, 3.05) is 36.0 Å². The van der Waals surface area contributed by atoms with Crippen LogP contribution in [0.2, 0.25) is 0 Å². The largest absolute Gasteiger partial charge is 0.511 e. The monoisotopic (exact) mass is 558 g/mol. The highest BCUT2D eigenvalue weighted by atomic mass is 19.1.